The highest BCUT2D eigenvalue weighted by molar-refractivity contribution is 5.94. The first-order valence-corrected chi connectivity index (χ1v) is 7.85. The first-order valence-electron chi connectivity index (χ1n) is 7.85. The SMILES string of the molecule is O=C(NCc1ccc(OCc2cccnc2)cc1)c1ccc(F)cc1. The summed E-state index contributed by atoms with van der Waals surface area (Å²) in [5, 5.41) is 2.80. The number of nitrogens with one attached hydrogen (secondary N) is 1. The van der Waals surface area contributed by atoms with E-state index in [0.29, 0.717) is 18.7 Å². The van der Waals surface area contributed by atoms with Crippen molar-refractivity contribution in [1.82, 2.24) is 10.3 Å². The molecule has 0 aliphatic heterocycles. The minimum absolute atomic E-state index is 0.239. The zero-order valence-corrected chi connectivity index (χ0v) is 13.5. The Balaban J connectivity index is 1.50. The Morgan fingerprint density at radius 2 is 1.76 bits per heavy atom. The number of carbonyl (C=O) groups is 1. The van der Waals surface area contributed by atoms with E-state index in [9.17, 15) is 9.18 Å². The van der Waals surface area contributed by atoms with Gasteiger partial charge in [0.15, 0.2) is 0 Å². The van der Waals surface area contributed by atoms with Crippen LogP contribution in [0.1, 0.15) is 21.5 Å². The molecule has 1 amide bonds. The molecule has 1 aromatic heterocycles. The molecular formula is C20H17FN2O2. The maximum absolute atomic E-state index is 12.9. The van der Waals surface area contributed by atoms with Crippen molar-refractivity contribution in [2.75, 3.05) is 0 Å². The summed E-state index contributed by atoms with van der Waals surface area (Å²) in [5.74, 6) is 0.146. The van der Waals surface area contributed by atoms with E-state index in [1.54, 1.807) is 12.4 Å². The van der Waals surface area contributed by atoms with Crippen molar-refractivity contribution in [2.45, 2.75) is 13.2 Å². The van der Waals surface area contributed by atoms with Gasteiger partial charge in [0.2, 0.25) is 0 Å². The first-order chi connectivity index (χ1) is 12.2. The molecule has 0 unspecified atom stereocenters. The van der Waals surface area contributed by atoms with Crippen molar-refractivity contribution in [3.63, 3.8) is 0 Å². The number of carbonyl (C=O) groups excluding carboxylic acids is 1. The molecule has 5 heteroatoms. The third-order valence-corrected chi connectivity index (χ3v) is 3.61. The topological polar surface area (TPSA) is 51.2 Å². The quantitative estimate of drug-likeness (QED) is 0.746. The fourth-order valence-electron chi connectivity index (χ4n) is 2.24. The number of rotatable bonds is 6. The van der Waals surface area contributed by atoms with Crippen LogP contribution in [0.3, 0.4) is 0 Å². The number of hydrogen-bond acceptors (Lipinski definition) is 3. The van der Waals surface area contributed by atoms with Crippen LogP contribution in [0.25, 0.3) is 0 Å². The lowest BCUT2D eigenvalue weighted by Crippen LogP contribution is -2.22. The number of benzene rings is 2. The second-order valence-electron chi connectivity index (χ2n) is 5.48. The van der Waals surface area contributed by atoms with Crippen molar-refractivity contribution >= 4 is 5.91 Å². The molecule has 126 valence electrons. The van der Waals surface area contributed by atoms with Crippen LogP contribution >= 0.6 is 0 Å². The van der Waals surface area contributed by atoms with Crippen LogP contribution in [0.2, 0.25) is 0 Å². The van der Waals surface area contributed by atoms with Crippen LogP contribution in [-0.2, 0) is 13.2 Å². The summed E-state index contributed by atoms with van der Waals surface area (Å²) in [5.41, 5.74) is 2.38. The third-order valence-electron chi connectivity index (χ3n) is 3.61. The molecule has 0 saturated carbocycles. The summed E-state index contributed by atoms with van der Waals surface area (Å²) in [7, 11) is 0. The summed E-state index contributed by atoms with van der Waals surface area (Å²) >= 11 is 0. The first kappa shape index (κ1) is 16.6. The predicted molar refractivity (Wildman–Crippen MR) is 92.6 cm³/mol. The zero-order chi connectivity index (χ0) is 17.5. The van der Waals surface area contributed by atoms with Gasteiger partial charge in [-0.05, 0) is 48.0 Å². The van der Waals surface area contributed by atoms with Gasteiger partial charge in [-0.3, -0.25) is 9.78 Å². The molecule has 1 N–H and O–H groups in total. The van der Waals surface area contributed by atoms with Crippen molar-refractivity contribution in [3.8, 4) is 5.75 Å². The molecule has 0 aliphatic carbocycles. The highest BCUT2D eigenvalue weighted by atomic mass is 19.1. The van der Waals surface area contributed by atoms with E-state index >= 15 is 0 Å². The Morgan fingerprint density at radius 3 is 2.44 bits per heavy atom. The fourth-order valence-corrected chi connectivity index (χ4v) is 2.24. The molecule has 25 heavy (non-hydrogen) atoms. The average molecular weight is 336 g/mol. The van der Waals surface area contributed by atoms with E-state index in [1.807, 2.05) is 36.4 Å². The Kier molecular flexibility index (Phi) is 5.36. The largest absolute Gasteiger partial charge is 0.489 e. The van der Waals surface area contributed by atoms with Crippen LogP contribution in [-0.4, -0.2) is 10.9 Å². The van der Waals surface area contributed by atoms with Crippen molar-refractivity contribution in [3.05, 3.63) is 95.6 Å². The van der Waals surface area contributed by atoms with Gasteiger partial charge in [-0.15, -0.1) is 0 Å². The van der Waals surface area contributed by atoms with Crippen LogP contribution < -0.4 is 10.1 Å². The van der Waals surface area contributed by atoms with Crippen molar-refractivity contribution in [1.29, 1.82) is 0 Å². The number of pyridine rings is 1. The summed E-state index contributed by atoms with van der Waals surface area (Å²) in [6, 6.07) is 16.8. The minimum atomic E-state index is -0.363. The van der Waals surface area contributed by atoms with Gasteiger partial charge >= 0.3 is 0 Å². The lowest BCUT2D eigenvalue weighted by atomic mass is 10.2. The van der Waals surface area contributed by atoms with Crippen molar-refractivity contribution in [2.24, 2.45) is 0 Å². The molecule has 3 aromatic rings. The maximum Gasteiger partial charge on any atom is 0.251 e. The molecule has 0 spiro atoms. The highest BCUT2D eigenvalue weighted by Gasteiger charge is 2.05. The molecule has 0 saturated heterocycles. The number of aromatic nitrogens is 1. The smallest absolute Gasteiger partial charge is 0.251 e. The molecule has 1 heterocycles. The van der Waals surface area contributed by atoms with Gasteiger partial charge < -0.3 is 10.1 Å². The Bertz CT molecular complexity index is 819. The molecule has 0 aliphatic rings. The standard InChI is InChI=1S/C20H17FN2O2/c21-18-7-5-17(6-8-18)20(24)23-13-15-3-9-19(10-4-15)25-14-16-2-1-11-22-12-16/h1-12H,13-14H2,(H,23,24). The zero-order valence-electron chi connectivity index (χ0n) is 13.5. The lowest BCUT2D eigenvalue weighted by molar-refractivity contribution is 0.0951. The van der Waals surface area contributed by atoms with Crippen LogP contribution in [0.15, 0.2) is 73.1 Å². The van der Waals surface area contributed by atoms with E-state index in [0.717, 1.165) is 16.9 Å². The van der Waals surface area contributed by atoms with Gasteiger partial charge in [0.25, 0.3) is 5.91 Å². The van der Waals surface area contributed by atoms with Crippen LogP contribution in [0, 0.1) is 5.82 Å². The summed E-state index contributed by atoms with van der Waals surface area (Å²) < 4.78 is 18.6. The molecule has 0 radical (unpaired) electrons. The molecular weight excluding hydrogens is 319 g/mol. The number of amides is 1. The second-order valence-corrected chi connectivity index (χ2v) is 5.48. The van der Waals surface area contributed by atoms with Gasteiger partial charge in [0, 0.05) is 30.1 Å². The van der Waals surface area contributed by atoms with E-state index in [2.05, 4.69) is 10.3 Å². The minimum Gasteiger partial charge on any atom is -0.489 e. The van der Waals surface area contributed by atoms with E-state index < -0.39 is 0 Å². The third kappa shape index (κ3) is 4.88. The Labute approximate surface area is 145 Å². The predicted octanol–water partition coefficient (Wildman–Crippen LogP) is 3.73. The molecule has 2 aromatic carbocycles. The molecule has 0 fully saturated rings. The van der Waals surface area contributed by atoms with E-state index in [4.69, 9.17) is 4.74 Å². The van der Waals surface area contributed by atoms with Gasteiger partial charge in [-0.1, -0.05) is 18.2 Å². The van der Waals surface area contributed by atoms with Gasteiger partial charge in [-0.25, -0.2) is 4.39 Å². The normalized spacial score (nSPS) is 10.3. The molecule has 0 atom stereocenters. The number of ether oxygens (including phenoxy) is 1. The highest BCUT2D eigenvalue weighted by Crippen LogP contribution is 2.14. The molecule has 4 nitrogen and oxygen atoms in total. The lowest BCUT2D eigenvalue weighted by Gasteiger charge is -2.08. The van der Waals surface area contributed by atoms with E-state index in [1.165, 1.54) is 24.3 Å². The van der Waals surface area contributed by atoms with Crippen molar-refractivity contribution < 1.29 is 13.9 Å². The average Bonchev–Trinajstić information content (AvgIpc) is 2.67. The molecule has 3 rings (SSSR count). The number of halogens is 1. The van der Waals surface area contributed by atoms with Gasteiger partial charge in [0.1, 0.15) is 18.2 Å². The monoisotopic (exact) mass is 336 g/mol. The van der Waals surface area contributed by atoms with Gasteiger partial charge in [0.05, 0.1) is 0 Å². The van der Waals surface area contributed by atoms with Crippen LogP contribution in [0.5, 0.6) is 5.75 Å². The molecule has 0 bridgehead atoms. The summed E-state index contributed by atoms with van der Waals surface area (Å²) in [6.45, 7) is 0.841. The number of hydrogen-bond donors (Lipinski definition) is 1. The van der Waals surface area contributed by atoms with Crippen LogP contribution in [0.4, 0.5) is 4.39 Å². The second kappa shape index (κ2) is 8.06. The summed E-state index contributed by atoms with van der Waals surface area (Å²) in [4.78, 5) is 16.0. The Morgan fingerprint density at radius 1 is 1.00 bits per heavy atom. The van der Waals surface area contributed by atoms with E-state index in [-0.39, 0.29) is 11.7 Å². The number of nitrogens with zero attached hydrogens (tertiary/aromatic N) is 1. The summed E-state index contributed by atoms with van der Waals surface area (Å²) in [6.07, 6.45) is 3.48. The maximum atomic E-state index is 12.9. The van der Waals surface area contributed by atoms with Gasteiger partial charge in [-0.2, -0.15) is 0 Å². The fraction of sp³-hybridized carbons (Fsp3) is 0.100. The Hall–Kier alpha value is -3.21.